The monoisotopic (exact) mass is 392 g/mol. The number of benzene rings is 2. The zero-order valence-corrected chi connectivity index (χ0v) is 15.8. The molecule has 0 spiro atoms. The summed E-state index contributed by atoms with van der Waals surface area (Å²) < 4.78 is 4.96. The molecule has 0 unspecified atom stereocenters. The Morgan fingerprint density at radius 1 is 1.21 bits per heavy atom. The number of para-hydroxylation sites is 2. The predicted molar refractivity (Wildman–Crippen MR) is 108 cm³/mol. The number of nitrogens with zero attached hydrogens (tertiary/aromatic N) is 2. The van der Waals surface area contributed by atoms with Crippen molar-refractivity contribution in [3.63, 3.8) is 0 Å². The van der Waals surface area contributed by atoms with Crippen LogP contribution in [0.25, 0.3) is 11.0 Å². The van der Waals surface area contributed by atoms with Crippen molar-refractivity contribution >= 4 is 40.5 Å². The van der Waals surface area contributed by atoms with Crippen LogP contribution in [0.4, 0.5) is 11.6 Å². The molecule has 1 fully saturated rings. The van der Waals surface area contributed by atoms with E-state index in [2.05, 4.69) is 15.3 Å². The summed E-state index contributed by atoms with van der Waals surface area (Å²) in [6.45, 7) is 2.31. The van der Waals surface area contributed by atoms with Gasteiger partial charge in [0.15, 0.2) is 0 Å². The molecule has 8 nitrogen and oxygen atoms in total. The highest BCUT2D eigenvalue weighted by Gasteiger charge is 2.35. The SMILES string of the molecule is CCOC(=O)c1ccc(N2C[C@H](C(=O)Nc3nc4ccccc4[nH]3)CC2=O)cc1. The van der Waals surface area contributed by atoms with E-state index >= 15 is 0 Å². The third-order valence-corrected chi connectivity index (χ3v) is 4.82. The number of fused-ring (bicyclic) bond motifs is 1. The van der Waals surface area contributed by atoms with Crippen molar-refractivity contribution in [2.75, 3.05) is 23.4 Å². The molecule has 4 rings (SSSR count). The maximum Gasteiger partial charge on any atom is 0.338 e. The smallest absolute Gasteiger partial charge is 0.338 e. The van der Waals surface area contributed by atoms with Gasteiger partial charge in [0.05, 0.1) is 29.1 Å². The van der Waals surface area contributed by atoms with Gasteiger partial charge < -0.3 is 14.6 Å². The molecule has 0 bridgehead atoms. The van der Waals surface area contributed by atoms with Gasteiger partial charge in [0, 0.05) is 18.7 Å². The molecule has 2 N–H and O–H groups in total. The maximum absolute atomic E-state index is 12.6. The summed E-state index contributed by atoms with van der Waals surface area (Å²) in [6, 6.07) is 14.1. The molecule has 8 heteroatoms. The number of imidazole rings is 1. The van der Waals surface area contributed by atoms with Crippen LogP contribution >= 0.6 is 0 Å². The number of amides is 2. The lowest BCUT2D eigenvalue weighted by molar-refractivity contribution is -0.122. The molecule has 29 heavy (non-hydrogen) atoms. The van der Waals surface area contributed by atoms with E-state index in [1.807, 2.05) is 24.3 Å². The van der Waals surface area contributed by atoms with Gasteiger partial charge in [0.25, 0.3) is 0 Å². The Morgan fingerprint density at radius 3 is 2.69 bits per heavy atom. The molecule has 1 aliphatic rings. The molecule has 2 aromatic carbocycles. The predicted octanol–water partition coefficient (Wildman–Crippen LogP) is 2.73. The summed E-state index contributed by atoms with van der Waals surface area (Å²) >= 11 is 0. The van der Waals surface area contributed by atoms with Gasteiger partial charge in [-0.25, -0.2) is 9.78 Å². The number of esters is 1. The number of hydrogen-bond donors (Lipinski definition) is 2. The molecule has 2 amide bonds. The highest BCUT2D eigenvalue weighted by molar-refractivity contribution is 6.03. The quantitative estimate of drug-likeness (QED) is 0.650. The average molecular weight is 392 g/mol. The molecule has 1 atom stereocenters. The second-order valence-electron chi connectivity index (χ2n) is 6.76. The number of aromatic amines is 1. The number of carbonyl (C=O) groups is 3. The minimum absolute atomic E-state index is 0.117. The van der Waals surface area contributed by atoms with E-state index in [1.54, 1.807) is 36.1 Å². The number of rotatable bonds is 5. The van der Waals surface area contributed by atoms with E-state index < -0.39 is 11.9 Å². The van der Waals surface area contributed by atoms with Crippen molar-refractivity contribution < 1.29 is 19.1 Å². The van der Waals surface area contributed by atoms with E-state index in [4.69, 9.17) is 4.74 Å². The van der Waals surface area contributed by atoms with E-state index in [1.165, 1.54) is 0 Å². The summed E-state index contributed by atoms with van der Waals surface area (Å²) in [5.74, 6) is -0.932. The first-order valence-corrected chi connectivity index (χ1v) is 9.38. The van der Waals surface area contributed by atoms with Crippen LogP contribution in [0.15, 0.2) is 48.5 Å². The minimum atomic E-state index is -0.486. The van der Waals surface area contributed by atoms with Crippen LogP contribution in [0.1, 0.15) is 23.7 Å². The van der Waals surface area contributed by atoms with Gasteiger partial charge in [0.1, 0.15) is 0 Å². The molecule has 1 saturated heterocycles. The van der Waals surface area contributed by atoms with Crippen LogP contribution < -0.4 is 10.2 Å². The van der Waals surface area contributed by atoms with E-state index in [-0.39, 0.29) is 24.8 Å². The van der Waals surface area contributed by atoms with E-state index in [0.29, 0.717) is 23.8 Å². The Balaban J connectivity index is 1.43. The minimum Gasteiger partial charge on any atom is -0.462 e. The number of H-pyrrole nitrogens is 1. The van der Waals surface area contributed by atoms with Crippen LogP contribution in [0.2, 0.25) is 0 Å². The van der Waals surface area contributed by atoms with Crippen molar-refractivity contribution in [3.8, 4) is 0 Å². The molecule has 3 aromatic rings. The molecule has 0 radical (unpaired) electrons. The molecule has 2 heterocycles. The summed E-state index contributed by atoms with van der Waals surface area (Å²) in [6.07, 6.45) is 0.117. The van der Waals surface area contributed by atoms with Crippen LogP contribution in [0.5, 0.6) is 0 Å². The summed E-state index contributed by atoms with van der Waals surface area (Å²) in [5.41, 5.74) is 2.64. The number of hydrogen-bond acceptors (Lipinski definition) is 5. The van der Waals surface area contributed by atoms with Crippen molar-refractivity contribution in [1.82, 2.24) is 9.97 Å². The van der Waals surface area contributed by atoms with Crippen molar-refractivity contribution in [2.45, 2.75) is 13.3 Å². The summed E-state index contributed by atoms with van der Waals surface area (Å²) in [7, 11) is 0. The topological polar surface area (TPSA) is 104 Å². The molecule has 1 aliphatic heterocycles. The standard InChI is InChI=1S/C21H20N4O4/c1-2-29-20(28)13-7-9-15(10-8-13)25-12-14(11-18(25)26)19(27)24-21-22-16-5-3-4-6-17(16)23-21/h3-10,14H,2,11-12H2,1H3,(H2,22,23,24,27)/t14-/m1/s1. The number of anilines is 2. The Labute approximate surface area is 166 Å². The van der Waals surface area contributed by atoms with Crippen molar-refractivity contribution in [2.24, 2.45) is 5.92 Å². The third-order valence-electron chi connectivity index (χ3n) is 4.82. The lowest BCUT2D eigenvalue weighted by atomic mass is 10.1. The van der Waals surface area contributed by atoms with Crippen LogP contribution in [0.3, 0.4) is 0 Å². The number of ether oxygens (including phenoxy) is 1. The highest BCUT2D eigenvalue weighted by atomic mass is 16.5. The van der Waals surface area contributed by atoms with Gasteiger partial charge in [-0.15, -0.1) is 0 Å². The maximum atomic E-state index is 12.6. The zero-order chi connectivity index (χ0) is 20.4. The Kier molecular flexibility index (Phi) is 4.99. The van der Waals surface area contributed by atoms with Gasteiger partial charge in [-0.1, -0.05) is 12.1 Å². The van der Waals surface area contributed by atoms with E-state index in [0.717, 1.165) is 11.0 Å². The second-order valence-corrected chi connectivity index (χ2v) is 6.76. The molecular formula is C21H20N4O4. The number of nitrogens with one attached hydrogen (secondary N) is 2. The Bertz CT molecular complexity index is 1040. The summed E-state index contributed by atoms with van der Waals surface area (Å²) in [5, 5.41) is 2.76. The number of aromatic nitrogens is 2. The fourth-order valence-corrected chi connectivity index (χ4v) is 3.36. The van der Waals surface area contributed by atoms with Crippen LogP contribution in [-0.2, 0) is 14.3 Å². The first kappa shape index (κ1) is 18.7. The Morgan fingerprint density at radius 2 is 1.97 bits per heavy atom. The van der Waals surface area contributed by atoms with Gasteiger partial charge >= 0.3 is 5.97 Å². The molecule has 1 aromatic heterocycles. The third kappa shape index (κ3) is 3.82. The molecule has 148 valence electrons. The first-order valence-electron chi connectivity index (χ1n) is 9.38. The molecule has 0 aliphatic carbocycles. The molecule has 0 saturated carbocycles. The normalized spacial score (nSPS) is 16.2. The fourth-order valence-electron chi connectivity index (χ4n) is 3.36. The van der Waals surface area contributed by atoms with E-state index in [9.17, 15) is 14.4 Å². The average Bonchev–Trinajstić information content (AvgIpc) is 3.31. The highest BCUT2D eigenvalue weighted by Crippen LogP contribution is 2.26. The van der Waals surface area contributed by atoms with Crippen LogP contribution in [0, 0.1) is 5.92 Å². The first-order chi connectivity index (χ1) is 14.0. The van der Waals surface area contributed by atoms with Gasteiger partial charge in [-0.05, 0) is 43.3 Å². The Hall–Kier alpha value is -3.68. The number of carbonyl (C=O) groups excluding carboxylic acids is 3. The van der Waals surface area contributed by atoms with Crippen LogP contribution in [-0.4, -0.2) is 40.9 Å². The summed E-state index contributed by atoms with van der Waals surface area (Å²) in [4.78, 5) is 45.7. The zero-order valence-electron chi connectivity index (χ0n) is 15.8. The molecular weight excluding hydrogens is 372 g/mol. The van der Waals surface area contributed by atoms with Crippen molar-refractivity contribution in [1.29, 1.82) is 0 Å². The van der Waals surface area contributed by atoms with Gasteiger partial charge in [0.2, 0.25) is 17.8 Å². The van der Waals surface area contributed by atoms with Gasteiger partial charge in [-0.2, -0.15) is 0 Å². The lowest BCUT2D eigenvalue weighted by Gasteiger charge is -2.17. The second kappa shape index (κ2) is 7.75. The van der Waals surface area contributed by atoms with Gasteiger partial charge in [-0.3, -0.25) is 14.9 Å². The fraction of sp³-hybridized carbons (Fsp3) is 0.238. The lowest BCUT2D eigenvalue weighted by Crippen LogP contribution is -2.28. The largest absolute Gasteiger partial charge is 0.462 e. The van der Waals surface area contributed by atoms with Crippen molar-refractivity contribution in [3.05, 3.63) is 54.1 Å².